The molecule has 1 aromatic rings. The highest BCUT2D eigenvalue weighted by atomic mass is 32.2. The lowest BCUT2D eigenvalue weighted by Crippen LogP contribution is -2.54. The normalized spacial score (nSPS) is 19.6. The van der Waals surface area contributed by atoms with E-state index in [-0.39, 0.29) is 23.8 Å². The standard InChI is InChI=1S/C19H25N3O3S/c20-16(23)12-22-14-19(7-6-17(22)24)8-10-21(11-9-19)18(25)13-26-15-4-2-1-3-5-15/h1-5H,6-14H2,(H2,20,23). The van der Waals surface area contributed by atoms with Crippen LogP contribution in [0.2, 0.25) is 0 Å². The number of carbonyl (C=O) groups excluding carboxylic acids is 3. The molecule has 140 valence electrons. The van der Waals surface area contributed by atoms with Gasteiger partial charge in [-0.05, 0) is 36.8 Å². The molecule has 2 aliphatic rings. The number of thioether (sulfide) groups is 1. The second kappa shape index (κ2) is 8.12. The van der Waals surface area contributed by atoms with Crippen molar-refractivity contribution in [1.82, 2.24) is 9.80 Å². The van der Waals surface area contributed by atoms with Crippen LogP contribution in [0.3, 0.4) is 0 Å². The minimum Gasteiger partial charge on any atom is -0.368 e. The zero-order valence-electron chi connectivity index (χ0n) is 14.9. The van der Waals surface area contributed by atoms with E-state index in [2.05, 4.69) is 0 Å². The van der Waals surface area contributed by atoms with Gasteiger partial charge in [-0.1, -0.05) is 18.2 Å². The summed E-state index contributed by atoms with van der Waals surface area (Å²) in [7, 11) is 0. The van der Waals surface area contributed by atoms with Crippen LogP contribution in [0, 0.1) is 5.41 Å². The molecule has 0 unspecified atom stereocenters. The Balaban J connectivity index is 1.51. The average Bonchev–Trinajstić information content (AvgIpc) is 2.64. The van der Waals surface area contributed by atoms with Crippen LogP contribution in [0.5, 0.6) is 0 Å². The summed E-state index contributed by atoms with van der Waals surface area (Å²) in [6.07, 6.45) is 3.04. The van der Waals surface area contributed by atoms with Crippen molar-refractivity contribution in [3.8, 4) is 0 Å². The summed E-state index contributed by atoms with van der Waals surface area (Å²) < 4.78 is 0. The first-order valence-electron chi connectivity index (χ1n) is 8.99. The third kappa shape index (κ3) is 4.58. The van der Waals surface area contributed by atoms with Crippen LogP contribution < -0.4 is 5.73 Å². The first-order valence-corrected chi connectivity index (χ1v) is 9.98. The number of piperidine rings is 2. The fourth-order valence-corrected chi connectivity index (χ4v) is 4.65. The maximum Gasteiger partial charge on any atom is 0.237 e. The molecule has 6 nitrogen and oxygen atoms in total. The van der Waals surface area contributed by atoms with Crippen molar-refractivity contribution in [2.24, 2.45) is 11.1 Å². The van der Waals surface area contributed by atoms with Crippen LogP contribution in [-0.2, 0) is 14.4 Å². The molecule has 0 bridgehead atoms. The summed E-state index contributed by atoms with van der Waals surface area (Å²) in [6, 6.07) is 9.93. The Morgan fingerprint density at radius 2 is 1.81 bits per heavy atom. The number of rotatable bonds is 5. The zero-order chi connectivity index (χ0) is 18.6. The van der Waals surface area contributed by atoms with E-state index in [1.54, 1.807) is 16.7 Å². The van der Waals surface area contributed by atoms with Gasteiger partial charge in [-0.15, -0.1) is 11.8 Å². The number of hydrogen-bond donors (Lipinski definition) is 1. The smallest absolute Gasteiger partial charge is 0.237 e. The highest BCUT2D eigenvalue weighted by Gasteiger charge is 2.41. The number of nitrogens with zero attached hydrogens (tertiary/aromatic N) is 2. The Morgan fingerprint density at radius 3 is 2.46 bits per heavy atom. The molecule has 0 atom stereocenters. The van der Waals surface area contributed by atoms with E-state index in [9.17, 15) is 14.4 Å². The van der Waals surface area contributed by atoms with E-state index >= 15 is 0 Å². The Bertz CT molecular complexity index is 672. The summed E-state index contributed by atoms with van der Waals surface area (Å²) in [6.45, 7) is 2.01. The molecule has 0 aromatic heterocycles. The molecule has 26 heavy (non-hydrogen) atoms. The van der Waals surface area contributed by atoms with Gasteiger partial charge in [0.05, 0.1) is 12.3 Å². The first-order chi connectivity index (χ1) is 12.5. The predicted molar refractivity (Wildman–Crippen MR) is 100 cm³/mol. The molecule has 2 fully saturated rings. The van der Waals surface area contributed by atoms with Crippen molar-refractivity contribution in [2.75, 3.05) is 31.9 Å². The van der Waals surface area contributed by atoms with Crippen LogP contribution in [0.1, 0.15) is 25.7 Å². The van der Waals surface area contributed by atoms with E-state index in [0.29, 0.717) is 31.8 Å². The van der Waals surface area contributed by atoms with E-state index in [1.165, 1.54) is 0 Å². The third-order valence-electron chi connectivity index (χ3n) is 5.38. The molecular weight excluding hydrogens is 350 g/mol. The lowest BCUT2D eigenvalue weighted by Gasteiger charge is -2.47. The van der Waals surface area contributed by atoms with E-state index in [0.717, 1.165) is 24.2 Å². The van der Waals surface area contributed by atoms with Gasteiger partial charge < -0.3 is 15.5 Å². The van der Waals surface area contributed by atoms with Crippen LogP contribution in [0.4, 0.5) is 0 Å². The first kappa shape index (κ1) is 18.8. The number of carbonyl (C=O) groups is 3. The van der Waals surface area contributed by atoms with Crippen molar-refractivity contribution in [3.05, 3.63) is 30.3 Å². The third-order valence-corrected chi connectivity index (χ3v) is 6.37. The maximum absolute atomic E-state index is 12.5. The molecule has 7 heteroatoms. The summed E-state index contributed by atoms with van der Waals surface area (Å²) in [4.78, 5) is 40.3. The number of amides is 3. The number of hydrogen-bond acceptors (Lipinski definition) is 4. The molecule has 2 saturated heterocycles. The summed E-state index contributed by atoms with van der Waals surface area (Å²) in [5.74, 6) is 0.145. The maximum atomic E-state index is 12.5. The van der Waals surface area contributed by atoms with E-state index < -0.39 is 5.91 Å². The van der Waals surface area contributed by atoms with Gasteiger partial charge in [0.25, 0.3) is 0 Å². The summed E-state index contributed by atoms with van der Waals surface area (Å²) in [5.41, 5.74) is 5.28. The van der Waals surface area contributed by atoms with Crippen molar-refractivity contribution < 1.29 is 14.4 Å². The number of likely N-dealkylation sites (tertiary alicyclic amines) is 2. The molecule has 0 radical (unpaired) electrons. The lowest BCUT2D eigenvalue weighted by atomic mass is 9.72. The van der Waals surface area contributed by atoms with E-state index in [4.69, 9.17) is 5.73 Å². The van der Waals surface area contributed by atoms with Crippen LogP contribution in [0.25, 0.3) is 0 Å². The number of nitrogens with two attached hydrogens (primary N) is 1. The highest BCUT2D eigenvalue weighted by Crippen LogP contribution is 2.40. The van der Waals surface area contributed by atoms with Gasteiger partial charge in [0, 0.05) is 31.0 Å². The lowest BCUT2D eigenvalue weighted by molar-refractivity contribution is -0.144. The predicted octanol–water partition coefficient (Wildman–Crippen LogP) is 1.50. The van der Waals surface area contributed by atoms with Crippen LogP contribution >= 0.6 is 11.8 Å². The van der Waals surface area contributed by atoms with E-state index in [1.807, 2.05) is 35.2 Å². The minimum atomic E-state index is -0.471. The Hall–Kier alpha value is -2.02. The van der Waals surface area contributed by atoms with Gasteiger partial charge in [-0.25, -0.2) is 0 Å². The molecule has 1 aromatic carbocycles. The topological polar surface area (TPSA) is 83.7 Å². The Morgan fingerprint density at radius 1 is 1.12 bits per heavy atom. The molecule has 2 N–H and O–H groups in total. The Kier molecular flexibility index (Phi) is 5.86. The largest absolute Gasteiger partial charge is 0.368 e. The summed E-state index contributed by atoms with van der Waals surface area (Å²) >= 11 is 1.56. The van der Waals surface area contributed by atoms with Gasteiger partial charge in [0.15, 0.2) is 0 Å². The molecule has 2 aliphatic heterocycles. The summed E-state index contributed by atoms with van der Waals surface area (Å²) in [5, 5.41) is 0. The Labute approximate surface area is 158 Å². The molecule has 2 heterocycles. The van der Waals surface area contributed by atoms with Crippen molar-refractivity contribution >= 4 is 29.5 Å². The van der Waals surface area contributed by atoms with Crippen molar-refractivity contribution in [2.45, 2.75) is 30.6 Å². The second-order valence-electron chi connectivity index (χ2n) is 7.20. The van der Waals surface area contributed by atoms with Gasteiger partial charge in [-0.3, -0.25) is 14.4 Å². The average molecular weight is 375 g/mol. The second-order valence-corrected chi connectivity index (χ2v) is 8.25. The minimum absolute atomic E-state index is 0.00303. The zero-order valence-corrected chi connectivity index (χ0v) is 15.7. The monoisotopic (exact) mass is 375 g/mol. The number of primary amides is 1. The fourth-order valence-electron chi connectivity index (χ4n) is 3.83. The number of benzene rings is 1. The molecule has 3 rings (SSSR count). The van der Waals surface area contributed by atoms with Gasteiger partial charge >= 0.3 is 0 Å². The van der Waals surface area contributed by atoms with Gasteiger partial charge in [-0.2, -0.15) is 0 Å². The molecule has 0 saturated carbocycles. The SMILES string of the molecule is NC(=O)CN1CC2(CCC1=O)CCN(C(=O)CSc1ccccc1)CC2. The molecular formula is C19H25N3O3S. The molecule has 0 aliphatic carbocycles. The van der Waals surface area contributed by atoms with Gasteiger partial charge in [0.1, 0.15) is 0 Å². The van der Waals surface area contributed by atoms with Crippen LogP contribution in [0.15, 0.2) is 35.2 Å². The van der Waals surface area contributed by atoms with Crippen molar-refractivity contribution in [1.29, 1.82) is 0 Å². The highest BCUT2D eigenvalue weighted by molar-refractivity contribution is 8.00. The van der Waals surface area contributed by atoms with Gasteiger partial charge in [0.2, 0.25) is 17.7 Å². The van der Waals surface area contributed by atoms with Crippen molar-refractivity contribution in [3.63, 3.8) is 0 Å². The molecule has 1 spiro atoms. The quantitative estimate of drug-likeness (QED) is 0.791. The molecule has 3 amide bonds. The fraction of sp³-hybridized carbons (Fsp3) is 0.526. The van der Waals surface area contributed by atoms with Crippen LogP contribution in [-0.4, -0.2) is 59.5 Å².